The predicted molar refractivity (Wildman–Crippen MR) is 122 cm³/mol. The van der Waals surface area contributed by atoms with Crippen LogP contribution < -0.4 is 33.7 Å². The van der Waals surface area contributed by atoms with Crippen molar-refractivity contribution in [3.8, 4) is 34.5 Å². The molecule has 176 valence electrons. The van der Waals surface area contributed by atoms with Crippen LogP contribution in [0.4, 0.5) is 5.69 Å². The van der Waals surface area contributed by atoms with Crippen LogP contribution in [-0.4, -0.2) is 48.6 Å². The summed E-state index contributed by atoms with van der Waals surface area (Å²) in [6, 6.07) is 10.1. The van der Waals surface area contributed by atoms with E-state index in [9.17, 15) is 4.79 Å². The lowest BCUT2D eigenvalue weighted by Gasteiger charge is -2.15. The smallest absolute Gasteiger partial charge is 0.291 e. The summed E-state index contributed by atoms with van der Waals surface area (Å²) in [5.74, 6) is 3.21. The quantitative estimate of drug-likeness (QED) is 0.484. The summed E-state index contributed by atoms with van der Waals surface area (Å²) in [4.78, 5) is 12.9. The Balaban J connectivity index is 1.87. The second kappa shape index (κ2) is 10.5. The Morgan fingerprint density at radius 2 is 1.36 bits per heavy atom. The summed E-state index contributed by atoms with van der Waals surface area (Å²) in [5.41, 5.74) is 1.10. The zero-order chi connectivity index (χ0) is 24.0. The fourth-order valence-corrected chi connectivity index (χ4v) is 3.40. The van der Waals surface area contributed by atoms with Gasteiger partial charge in [0.2, 0.25) is 0 Å². The molecule has 9 heteroatoms. The van der Waals surface area contributed by atoms with Gasteiger partial charge in [-0.05, 0) is 24.3 Å². The van der Waals surface area contributed by atoms with Crippen LogP contribution in [0.15, 0.2) is 40.8 Å². The first-order chi connectivity index (χ1) is 16.0. The molecule has 0 spiro atoms. The number of benzene rings is 2. The van der Waals surface area contributed by atoms with Crippen molar-refractivity contribution in [2.75, 3.05) is 48.0 Å². The number of anilines is 1. The van der Waals surface area contributed by atoms with E-state index in [0.717, 1.165) is 5.56 Å². The molecule has 3 aromatic rings. The highest BCUT2D eigenvalue weighted by atomic mass is 16.5. The van der Waals surface area contributed by atoms with Gasteiger partial charge < -0.3 is 38.2 Å². The number of amides is 1. The van der Waals surface area contributed by atoms with Crippen LogP contribution >= 0.6 is 0 Å². The van der Waals surface area contributed by atoms with E-state index >= 15 is 0 Å². The van der Waals surface area contributed by atoms with Gasteiger partial charge in [-0.1, -0.05) is 0 Å². The second-order valence-electron chi connectivity index (χ2n) is 6.79. The van der Waals surface area contributed by atoms with E-state index in [-0.39, 0.29) is 5.76 Å². The molecule has 33 heavy (non-hydrogen) atoms. The standard InChI is InChI=1S/C24H27NO8/c1-27-15-12-20(30-4)22(21(13-15)31-5)25-24(26)19-8-7-14(33-19)11-16-17(28-2)9-10-18(29-3)23(16)32-6/h7-10,12-13H,11H2,1-6H3,(H,25,26). The van der Waals surface area contributed by atoms with Gasteiger partial charge in [-0.2, -0.15) is 0 Å². The summed E-state index contributed by atoms with van der Waals surface area (Å²) >= 11 is 0. The molecule has 0 saturated carbocycles. The summed E-state index contributed by atoms with van der Waals surface area (Å²) in [6.07, 6.45) is 0.325. The van der Waals surface area contributed by atoms with Gasteiger partial charge in [-0.25, -0.2) is 0 Å². The molecular weight excluding hydrogens is 430 g/mol. The number of hydrogen-bond acceptors (Lipinski definition) is 8. The van der Waals surface area contributed by atoms with Crippen LogP contribution in [0.3, 0.4) is 0 Å². The number of hydrogen-bond donors (Lipinski definition) is 1. The fourth-order valence-electron chi connectivity index (χ4n) is 3.40. The molecule has 0 fully saturated rings. The van der Waals surface area contributed by atoms with Crippen molar-refractivity contribution in [2.45, 2.75) is 6.42 Å². The van der Waals surface area contributed by atoms with Crippen LogP contribution in [0.25, 0.3) is 0 Å². The first-order valence-electron chi connectivity index (χ1n) is 9.97. The van der Waals surface area contributed by atoms with Gasteiger partial charge in [-0.15, -0.1) is 0 Å². The zero-order valence-corrected chi connectivity index (χ0v) is 19.4. The molecule has 0 aliphatic heterocycles. The fraction of sp³-hybridized carbons (Fsp3) is 0.292. The van der Waals surface area contributed by atoms with Crippen LogP contribution in [0.2, 0.25) is 0 Å². The third-order valence-corrected chi connectivity index (χ3v) is 5.02. The Bertz CT molecular complexity index is 1100. The minimum atomic E-state index is -0.465. The highest BCUT2D eigenvalue weighted by Gasteiger charge is 2.21. The van der Waals surface area contributed by atoms with Crippen molar-refractivity contribution in [3.63, 3.8) is 0 Å². The molecule has 9 nitrogen and oxygen atoms in total. The molecule has 1 N–H and O–H groups in total. The van der Waals surface area contributed by atoms with E-state index in [2.05, 4.69) is 5.32 Å². The van der Waals surface area contributed by atoms with Crippen molar-refractivity contribution in [1.82, 2.24) is 0 Å². The van der Waals surface area contributed by atoms with Crippen molar-refractivity contribution >= 4 is 11.6 Å². The average Bonchev–Trinajstić information content (AvgIpc) is 3.32. The molecule has 1 heterocycles. The van der Waals surface area contributed by atoms with Crippen molar-refractivity contribution < 1.29 is 37.6 Å². The Labute approximate surface area is 192 Å². The van der Waals surface area contributed by atoms with Crippen LogP contribution in [-0.2, 0) is 6.42 Å². The Morgan fingerprint density at radius 3 is 1.91 bits per heavy atom. The lowest BCUT2D eigenvalue weighted by Crippen LogP contribution is -2.13. The van der Waals surface area contributed by atoms with Crippen LogP contribution in [0, 0.1) is 0 Å². The summed E-state index contributed by atoms with van der Waals surface area (Å²) in [5, 5.41) is 2.78. The molecule has 0 bridgehead atoms. The number of carbonyl (C=O) groups excluding carboxylic acids is 1. The lowest BCUT2D eigenvalue weighted by atomic mass is 10.1. The number of furan rings is 1. The first-order valence-corrected chi connectivity index (χ1v) is 9.97. The highest BCUT2D eigenvalue weighted by molar-refractivity contribution is 6.04. The average molecular weight is 457 g/mol. The molecule has 3 rings (SSSR count). The largest absolute Gasteiger partial charge is 0.496 e. The van der Waals surface area contributed by atoms with Crippen molar-refractivity contribution in [2.24, 2.45) is 0 Å². The first kappa shape index (κ1) is 23.6. The maximum absolute atomic E-state index is 12.9. The van der Waals surface area contributed by atoms with E-state index < -0.39 is 5.91 Å². The van der Waals surface area contributed by atoms with Gasteiger partial charge >= 0.3 is 0 Å². The monoisotopic (exact) mass is 457 g/mol. The van der Waals surface area contributed by atoms with E-state index in [4.69, 9.17) is 32.8 Å². The topological polar surface area (TPSA) is 97.6 Å². The lowest BCUT2D eigenvalue weighted by molar-refractivity contribution is 0.0994. The van der Waals surface area contributed by atoms with Gasteiger partial charge in [0.05, 0.1) is 42.7 Å². The number of nitrogens with one attached hydrogen (secondary N) is 1. The molecule has 1 amide bonds. The second-order valence-corrected chi connectivity index (χ2v) is 6.79. The maximum atomic E-state index is 12.9. The van der Waals surface area contributed by atoms with Gasteiger partial charge in [0, 0.05) is 24.1 Å². The van der Waals surface area contributed by atoms with Gasteiger partial charge in [0.25, 0.3) is 5.91 Å². The minimum Gasteiger partial charge on any atom is -0.496 e. The number of ether oxygens (including phenoxy) is 6. The molecule has 0 aliphatic rings. The van der Waals surface area contributed by atoms with Crippen molar-refractivity contribution in [1.29, 1.82) is 0 Å². The molecule has 2 aromatic carbocycles. The van der Waals surface area contributed by atoms with E-state index in [1.54, 1.807) is 57.7 Å². The molecule has 0 unspecified atom stereocenters. The molecule has 1 aromatic heterocycles. The Morgan fingerprint density at radius 1 is 0.758 bits per heavy atom. The predicted octanol–water partition coefficient (Wildman–Crippen LogP) is 4.17. The van der Waals surface area contributed by atoms with Crippen LogP contribution in [0.5, 0.6) is 34.5 Å². The number of methoxy groups -OCH3 is 6. The van der Waals surface area contributed by atoms with Crippen LogP contribution in [0.1, 0.15) is 21.9 Å². The SMILES string of the molecule is COc1cc(OC)c(NC(=O)c2ccc(Cc3c(OC)ccc(OC)c3OC)o2)c(OC)c1. The molecular formula is C24H27NO8. The molecule has 0 saturated heterocycles. The number of rotatable bonds is 10. The zero-order valence-electron chi connectivity index (χ0n) is 19.4. The normalized spacial score (nSPS) is 10.4. The van der Waals surface area contributed by atoms with Gasteiger partial charge in [-0.3, -0.25) is 4.79 Å². The van der Waals surface area contributed by atoms with Gasteiger partial charge in [0.15, 0.2) is 17.3 Å². The van der Waals surface area contributed by atoms with E-state index in [1.165, 1.54) is 21.3 Å². The minimum absolute atomic E-state index is 0.116. The third-order valence-electron chi connectivity index (χ3n) is 5.02. The Hall–Kier alpha value is -4.01. The summed E-state index contributed by atoms with van der Waals surface area (Å²) < 4.78 is 38.2. The highest BCUT2D eigenvalue weighted by Crippen LogP contribution is 2.40. The van der Waals surface area contributed by atoms with Gasteiger partial charge in [0.1, 0.15) is 34.4 Å². The maximum Gasteiger partial charge on any atom is 0.291 e. The Kier molecular flexibility index (Phi) is 7.55. The van der Waals surface area contributed by atoms with Crippen molar-refractivity contribution in [3.05, 3.63) is 53.5 Å². The number of carbonyl (C=O) groups is 1. The molecule has 0 atom stereocenters. The summed E-state index contributed by atoms with van der Waals surface area (Å²) in [7, 11) is 9.20. The van der Waals surface area contributed by atoms with E-state index in [1.807, 2.05) is 0 Å². The molecule has 0 radical (unpaired) electrons. The third kappa shape index (κ3) is 4.92. The summed E-state index contributed by atoms with van der Waals surface area (Å²) in [6.45, 7) is 0. The van der Waals surface area contributed by atoms with E-state index in [0.29, 0.717) is 52.4 Å². The molecule has 0 aliphatic carbocycles.